The van der Waals surface area contributed by atoms with Crippen molar-refractivity contribution in [3.05, 3.63) is 59.2 Å². The first kappa shape index (κ1) is 18.2. The van der Waals surface area contributed by atoms with Crippen LogP contribution in [-0.4, -0.2) is 41.8 Å². The molecule has 2 aliphatic heterocycles. The van der Waals surface area contributed by atoms with Gasteiger partial charge in [-0.05, 0) is 50.5 Å². The molecule has 144 valence electrons. The molecule has 2 aromatic carbocycles. The van der Waals surface area contributed by atoms with E-state index in [-0.39, 0.29) is 24.3 Å². The molecule has 2 heterocycles. The normalized spacial score (nSPS) is 18.6. The number of fused-ring (bicyclic) bond motifs is 2. The van der Waals surface area contributed by atoms with E-state index in [9.17, 15) is 14.4 Å². The van der Waals surface area contributed by atoms with Crippen molar-refractivity contribution in [2.75, 3.05) is 23.3 Å². The van der Waals surface area contributed by atoms with Gasteiger partial charge in [-0.2, -0.15) is 0 Å². The predicted molar refractivity (Wildman–Crippen MR) is 107 cm³/mol. The first-order valence-electron chi connectivity index (χ1n) is 9.54. The van der Waals surface area contributed by atoms with Crippen LogP contribution >= 0.6 is 0 Å². The Balaban J connectivity index is 1.63. The minimum atomic E-state index is -0.492. The second kappa shape index (κ2) is 7.11. The third kappa shape index (κ3) is 3.15. The fraction of sp³-hybridized carbons (Fsp3) is 0.318. The average Bonchev–Trinajstić information content (AvgIpc) is 3.14. The average molecular weight is 377 g/mol. The Morgan fingerprint density at radius 2 is 1.93 bits per heavy atom. The number of aryl methyl sites for hydroxylation is 2. The number of hydrogen-bond donors (Lipinski definition) is 1. The molecule has 0 spiro atoms. The van der Waals surface area contributed by atoms with Gasteiger partial charge in [0.2, 0.25) is 11.8 Å². The van der Waals surface area contributed by atoms with Gasteiger partial charge in [0, 0.05) is 12.2 Å². The first-order valence-corrected chi connectivity index (χ1v) is 9.54. The molecule has 4 rings (SSSR count). The quantitative estimate of drug-likeness (QED) is 0.894. The third-order valence-corrected chi connectivity index (χ3v) is 5.45. The molecule has 1 fully saturated rings. The zero-order chi connectivity index (χ0) is 19.8. The van der Waals surface area contributed by atoms with Crippen LogP contribution in [0.3, 0.4) is 0 Å². The van der Waals surface area contributed by atoms with Crippen LogP contribution in [0.2, 0.25) is 0 Å². The number of carbonyl (C=O) groups is 3. The summed E-state index contributed by atoms with van der Waals surface area (Å²) in [7, 11) is 0. The van der Waals surface area contributed by atoms with Crippen molar-refractivity contribution in [3.63, 3.8) is 0 Å². The lowest BCUT2D eigenvalue weighted by Gasteiger charge is -2.25. The number of nitrogens with zero attached hydrogens (tertiary/aromatic N) is 2. The maximum absolute atomic E-state index is 13.2. The number of rotatable bonds is 3. The zero-order valence-corrected chi connectivity index (χ0v) is 16.1. The SMILES string of the molecule is Cc1ccc(NC(=O)CN2C(=O)C3CCCN3C(=O)c3ccccc32)c(C)c1. The van der Waals surface area contributed by atoms with Crippen LogP contribution in [0.15, 0.2) is 42.5 Å². The predicted octanol–water partition coefficient (Wildman–Crippen LogP) is 2.89. The van der Waals surface area contributed by atoms with Crippen LogP contribution in [0, 0.1) is 13.8 Å². The van der Waals surface area contributed by atoms with E-state index in [2.05, 4.69) is 5.32 Å². The summed E-state index contributed by atoms with van der Waals surface area (Å²) in [4.78, 5) is 42.0. The molecule has 1 atom stereocenters. The van der Waals surface area contributed by atoms with Crippen LogP contribution in [0.1, 0.15) is 34.3 Å². The number of anilines is 2. The lowest BCUT2D eigenvalue weighted by molar-refractivity contribution is -0.124. The highest BCUT2D eigenvalue weighted by atomic mass is 16.2. The van der Waals surface area contributed by atoms with E-state index in [1.165, 1.54) is 4.90 Å². The molecule has 1 N–H and O–H groups in total. The lowest BCUT2D eigenvalue weighted by Crippen LogP contribution is -2.47. The lowest BCUT2D eigenvalue weighted by atomic mass is 10.1. The minimum absolute atomic E-state index is 0.124. The molecule has 28 heavy (non-hydrogen) atoms. The Morgan fingerprint density at radius 3 is 2.71 bits per heavy atom. The summed E-state index contributed by atoms with van der Waals surface area (Å²) < 4.78 is 0. The van der Waals surface area contributed by atoms with E-state index in [1.807, 2.05) is 32.0 Å². The van der Waals surface area contributed by atoms with E-state index in [1.54, 1.807) is 29.2 Å². The molecule has 6 heteroatoms. The monoisotopic (exact) mass is 377 g/mol. The van der Waals surface area contributed by atoms with Crippen LogP contribution in [0.4, 0.5) is 11.4 Å². The number of benzene rings is 2. The van der Waals surface area contributed by atoms with Crippen LogP contribution in [0.5, 0.6) is 0 Å². The van der Waals surface area contributed by atoms with E-state index < -0.39 is 6.04 Å². The van der Waals surface area contributed by atoms with Crippen molar-refractivity contribution in [2.45, 2.75) is 32.7 Å². The Kier molecular flexibility index (Phi) is 4.63. The van der Waals surface area contributed by atoms with Crippen LogP contribution < -0.4 is 10.2 Å². The van der Waals surface area contributed by atoms with Gasteiger partial charge in [0.25, 0.3) is 5.91 Å². The molecular weight excluding hydrogens is 354 g/mol. The van der Waals surface area contributed by atoms with Gasteiger partial charge in [-0.1, -0.05) is 29.8 Å². The van der Waals surface area contributed by atoms with Gasteiger partial charge in [-0.3, -0.25) is 14.4 Å². The molecule has 0 bridgehead atoms. The second-order valence-corrected chi connectivity index (χ2v) is 7.46. The van der Waals surface area contributed by atoms with Gasteiger partial charge in [0.1, 0.15) is 12.6 Å². The summed E-state index contributed by atoms with van der Waals surface area (Å²) >= 11 is 0. The molecule has 1 unspecified atom stereocenters. The maximum atomic E-state index is 13.2. The summed E-state index contributed by atoms with van der Waals surface area (Å²) in [5.74, 6) is -0.607. The summed E-state index contributed by atoms with van der Waals surface area (Å²) in [6, 6.07) is 12.3. The second-order valence-electron chi connectivity index (χ2n) is 7.46. The Bertz CT molecular complexity index is 969. The van der Waals surface area contributed by atoms with E-state index in [0.29, 0.717) is 24.2 Å². The number of para-hydroxylation sites is 1. The molecule has 0 saturated carbocycles. The van der Waals surface area contributed by atoms with Crippen molar-refractivity contribution in [2.24, 2.45) is 0 Å². The molecule has 0 aromatic heterocycles. The molecule has 6 nitrogen and oxygen atoms in total. The highest BCUT2D eigenvalue weighted by molar-refractivity contribution is 6.13. The van der Waals surface area contributed by atoms with Gasteiger partial charge in [0.15, 0.2) is 0 Å². The van der Waals surface area contributed by atoms with Crippen molar-refractivity contribution >= 4 is 29.1 Å². The van der Waals surface area contributed by atoms with Crippen molar-refractivity contribution in [1.29, 1.82) is 0 Å². The molecule has 3 amide bonds. The van der Waals surface area contributed by atoms with Crippen molar-refractivity contribution in [3.8, 4) is 0 Å². The van der Waals surface area contributed by atoms with Crippen LogP contribution in [-0.2, 0) is 9.59 Å². The van der Waals surface area contributed by atoms with Gasteiger partial charge in [-0.25, -0.2) is 0 Å². The smallest absolute Gasteiger partial charge is 0.256 e. The number of carbonyl (C=O) groups excluding carboxylic acids is 3. The van der Waals surface area contributed by atoms with Crippen molar-refractivity contribution < 1.29 is 14.4 Å². The fourth-order valence-corrected chi connectivity index (χ4v) is 4.06. The number of amides is 3. The number of hydrogen-bond acceptors (Lipinski definition) is 3. The summed E-state index contributed by atoms with van der Waals surface area (Å²) in [5, 5.41) is 2.90. The topological polar surface area (TPSA) is 69.7 Å². The van der Waals surface area contributed by atoms with Gasteiger partial charge in [0.05, 0.1) is 11.3 Å². The summed E-state index contributed by atoms with van der Waals surface area (Å²) in [6.45, 7) is 4.38. The highest BCUT2D eigenvalue weighted by Crippen LogP contribution is 2.32. The minimum Gasteiger partial charge on any atom is -0.327 e. The number of nitrogens with one attached hydrogen (secondary N) is 1. The summed E-state index contributed by atoms with van der Waals surface area (Å²) in [5.41, 5.74) is 3.78. The molecule has 2 aliphatic rings. The largest absolute Gasteiger partial charge is 0.327 e. The fourth-order valence-electron chi connectivity index (χ4n) is 4.06. The van der Waals surface area contributed by atoms with E-state index in [0.717, 1.165) is 23.2 Å². The highest BCUT2D eigenvalue weighted by Gasteiger charge is 2.42. The van der Waals surface area contributed by atoms with Gasteiger partial charge in [-0.15, -0.1) is 0 Å². The van der Waals surface area contributed by atoms with E-state index >= 15 is 0 Å². The Morgan fingerprint density at radius 1 is 1.14 bits per heavy atom. The van der Waals surface area contributed by atoms with Crippen molar-refractivity contribution in [1.82, 2.24) is 4.90 Å². The molecule has 0 aliphatic carbocycles. The zero-order valence-electron chi connectivity index (χ0n) is 16.1. The maximum Gasteiger partial charge on any atom is 0.256 e. The van der Waals surface area contributed by atoms with Gasteiger partial charge >= 0.3 is 0 Å². The van der Waals surface area contributed by atoms with Crippen LogP contribution in [0.25, 0.3) is 0 Å². The van der Waals surface area contributed by atoms with Gasteiger partial charge < -0.3 is 15.1 Å². The Hall–Kier alpha value is -3.15. The van der Waals surface area contributed by atoms with E-state index in [4.69, 9.17) is 0 Å². The standard InChI is InChI=1S/C22H23N3O3/c1-14-9-10-17(15(2)12-14)23-20(26)13-25-18-7-4-3-6-16(18)21(27)24-11-5-8-19(24)22(25)28/h3-4,6-7,9-10,12,19H,5,8,11,13H2,1-2H3,(H,23,26). The Labute approximate surface area is 164 Å². The summed E-state index contributed by atoms with van der Waals surface area (Å²) in [6.07, 6.45) is 1.43. The molecule has 1 saturated heterocycles. The molecule has 2 aromatic rings. The molecule has 0 radical (unpaired) electrons. The molecular formula is C22H23N3O3. The third-order valence-electron chi connectivity index (χ3n) is 5.45. The first-order chi connectivity index (χ1) is 13.5.